The zero-order valence-electron chi connectivity index (χ0n) is 14.2. The minimum Gasteiger partial charge on any atom is -0.444 e. The Hall–Kier alpha value is -2.68. The molecule has 1 aromatic carbocycles. The molecule has 2 unspecified atom stereocenters. The van der Waals surface area contributed by atoms with Gasteiger partial charge in [0.2, 0.25) is 5.91 Å². The van der Waals surface area contributed by atoms with Crippen molar-refractivity contribution >= 4 is 17.7 Å². The van der Waals surface area contributed by atoms with E-state index in [1.54, 1.807) is 4.90 Å². The molecule has 0 spiro atoms. The number of nitrogens with zero attached hydrogens (tertiary/aromatic N) is 3. The zero-order valence-corrected chi connectivity index (χ0v) is 14.2. The van der Waals surface area contributed by atoms with Crippen molar-refractivity contribution in [2.24, 2.45) is 0 Å². The van der Waals surface area contributed by atoms with Gasteiger partial charge in [0.25, 0.3) is 5.69 Å². The van der Waals surface area contributed by atoms with Crippen molar-refractivity contribution in [3.63, 3.8) is 0 Å². The predicted octanol–water partition coefficient (Wildman–Crippen LogP) is 1.64. The standard InChI is InChI=1S/C17H21N3O6/c21-15-8-7-14(16(22)18-9-1-2-10-18)19(15)17(23)26-11-12-3-5-13(6-4-12)20(24)25/h3-6,14-15,21H,1-2,7-11H2. The molecule has 9 heteroatoms. The van der Waals surface area contributed by atoms with Crippen LogP contribution in [0.3, 0.4) is 0 Å². The molecular weight excluding hydrogens is 342 g/mol. The molecule has 0 radical (unpaired) electrons. The summed E-state index contributed by atoms with van der Waals surface area (Å²) >= 11 is 0. The number of likely N-dealkylation sites (tertiary alicyclic amines) is 2. The number of carbonyl (C=O) groups is 2. The molecule has 9 nitrogen and oxygen atoms in total. The molecule has 2 atom stereocenters. The maximum absolute atomic E-state index is 12.6. The third-order valence-corrected chi connectivity index (χ3v) is 4.78. The van der Waals surface area contributed by atoms with Crippen LogP contribution in [0.5, 0.6) is 0 Å². The highest BCUT2D eigenvalue weighted by molar-refractivity contribution is 5.86. The van der Waals surface area contributed by atoms with E-state index in [9.17, 15) is 24.8 Å². The van der Waals surface area contributed by atoms with E-state index in [0.717, 1.165) is 17.7 Å². The van der Waals surface area contributed by atoms with Gasteiger partial charge in [-0.1, -0.05) is 0 Å². The summed E-state index contributed by atoms with van der Waals surface area (Å²) < 4.78 is 5.21. The number of hydrogen-bond donors (Lipinski definition) is 1. The van der Waals surface area contributed by atoms with Crippen LogP contribution in [0.25, 0.3) is 0 Å². The van der Waals surface area contributed by atoms with E-state index in [4.69, 9.17) is 4.74 Å². The van der Waals surface area contributed by atoms with E-state index in [-0.39, 0.29) is 18.2 Å². The van der Waals surface area contributed by atoms with Gasteiger partial charge in [0.05, 0.1) is 4.92 Å². The summed E-state index contributed by atoms with van der Waals surface area (Å²) in [4.78, 5) is 37.9. The first-order valence-electron chi connectivity index (χ1n) is 8.62. The fraction of sp³-hybridized carbons (Fsp3) is 0.529. The monoisotopic (exact) mass is 363 g/mol. The molecule has 2 amide bonds. The fourth-order valence-corrected chi connectivity index (χ4v) is 3.37. The Morgan fingerprint density at radius 3 is 2.46 bits per heavy atom. The Morgan fingerprint density at radius 1 is 1.19 bits per heavy atom. The molecule has 2 fully saturated rings. The van der Waals surface area contributed by atoms with E-state index in [2.05, 4.69) is 0 Å². The first kappa shape index (κ1) is 18.1. The average molecular weight is 363 g/mol. The van der Waals surface area contributed by atoms with E-state index in [1.165, 1.54) is 24.3 Å². The maximum Gasteiger partial charge on any atom is 0.412 e. The van der Waals surface area contributed by atoms with Crippen molar-refractivity contribution in [3.05, 3.63) is 39.9 Å². The lowest BCUT2D eigenvalue weighted by Crippen LogP contribution is -2.49. The smallest absolute Gasteiger partial charge is 0.412 e. The number of rotatable bonds is 4. The number of hydrogen-bond acceptors (Lipinski definition) is 6. The number of non-ortho nitro benzene ring substituents is 1. The van der Waals surface area contributed by atoms with Crippen molar-refractivity contribution in [1.82, 2.24) is 9.80 Å². The highest BCUT2D eigenvalue weighted by Gasteiger charge is 2.43. The molecular formula is C17H21N3O6. The number of aliphatic hydroxyl groups is 1. The number of benzene rings is 1. The van der Waals surface area contributed by atoms with Crippen LogP contribution < -0.4 is 0 Å². The molecule has 26 heavy (non-hydrogen) atoms. The van der Waals surface area contributed by atoms with E-state index in [1.807, 2.05) is 0 Å². The lowest BCUT2D eigenvalue weighted by Gasteiger charge is -2.29. The molecule has 0 bridgehead atoms. The molecule has 3 rings (SSSR count). The van der Waals surface area contributed by atoms with Gasteiger partial charge in [0, 0.05) is 25.2 Å². The van der Waals surface area contributed by atoms with E-state index >= 15 is 0 Å². The highest BCUT2D eigenvalue weighted by atomic mass is 16.6. The third-order valence-electron chi connectivity index (χ3n) is 4.78. The van der Waals surface area contributed by atoms with Crippen molar-refractivity contribution < 1.29 is 24.4 Å². The van der Waals surface area contributed by atoms with Crippen LogP contribution in [0.15, 0.2) is 24.3 Å². The minimum absolute atomic E-state index is 0.0497. The minimum atomic E-state index is -1.05. The van der Waals surface area contributed by atoms with Crippen LogP contribution >= 0.6 is 0 Å². The van der Waals surface area contributed by atoms with Gasteiger partial charge in [0.15, 0.2) is 0 Å². The van der Waals surface area contributed by atoms with Gasteiger partial charge in [-0.25, -0.2) is 4.79 Å². The van der Waals surface area contributed by atoms with Gasteiger partial charge < -0.3 is 14.7 Å². The maximum atomic E-state index is 12.6. The predicted molar refractivity (Wildman–Crippen MR) is 90.0 cm³/mol. The fourth-order valence-electron chi connectivity index (χ4n) is 3.37. The summed E-state index contributed by atoms with van der Waals surface area (Å²) in [6, 6.07) is 4.95. The Labute approximate surface area is 150 Å². The van der Waals surface area contributed by atoms with Crippen LogP contribution in [-0.4, -0.2) is 57.2 Å². The summed E-state index contributed by atoms with van der Waals surface area (Å²) in [6.07, 6.45) is 0.832. The Morgan fingerprint density at radius 2 is 1.85 bits per heavy atom. The zero-order chi connectivity index (χ0) is 18.7. The number of nitro benzene ring substituents is 1. The number of aliphatic hydroxyl groups excluding tert-OH is 1. The van der Waals surface area contributed by atoms with Crippen molar-refractivity contribution in [2.45, 2.75) is 44.6 Å². The van der Waals surface area contributed by atoms with Gasteiger partial charge >= 0.3 is 6.09 Å². The van der Waals surface area contributed by atoms with Gasteiger partial charge in [0.1, 0.15) is 18.9 Å². The topological polar surface area (TPSA) is 113 Å². The van der Waals surface area contributed by atoms with E-state index in [0.29, 0.717) is 31.5 Å². The molecule has 2 heterocycles. The number of amides is 2. The van der Waals surface area contributed by atoms with Crippen LogP contribution in [0.2, 0.25) is 0 Å². The van der Waals surface area contributed by atoms with Crippen LogP contribution in [-0.2, 0) is 16.1 Å². The molecule has 1 N–H and O–H groups in total. The van der Waals surface area contributed by atoms with Gasteiger partial charge in [-0.15, -0.1) is 0 Å². The van der Waals surface area contributed by atoms with Crippen molar-refractivity contribution in [2.75, 3.05) is 13.1 Å². The van der Waals surface area contributed by atoms with Gasteiger partial charge in [-0.3, -0.25) is 19.8 Å². The normalized spacial score (nSPS) is 22.5. The van der Waals surface area contributed by atoms with Crippen molar-refractivity contribution in [1.29, 1.82) is 0 Å². The second-order valence-electron chi connectivity index (χ2n) is 6.49. The molecule has 2 aliphatic rings. The van der Waals surface area contributed by atoms with E-state index < -0.39 is 23.3 Å². The van der Waals surface area contributed by atoms with Crippen LogP contribution in [0.1, 0.15) is 31.2 Å². The Balaban J connectivity index is 1.61. The first-order valence-corrected chi connectivity index (χ1v) is 8.62. The highest BCUT2D eigenvalue weighted by Crippen LogP contribution is 2.26. The molecule has 0 aliphatic carbocycles. The van der Waals surface area contributed by atoms with Crippen molar-refractivity contribution in [3.8, 4) is 0 Å². The van der Waals surface area contributed by atoms with Gasteiger partial charge in [-0.2, -0.15) is 0 Å². The SMILES string of the molecule is O=C(C1CCC(O)N1C(=O)OCc1ccc([N+](=O)[O-])cc1)N1CCCC1. The summed E-state index contributed by atoms with van der Waals surface area (Å²) in [7, 11) is 0. The number of carbonyl (C=O) groups excluding carboxylic acids is 2. The molecule has 0 aromatic heterocycles. The van der Waals surface area contributed by atoms with Crippen LogP contribution in [0, 0.1) is 10.1 Å². The summed E-state index contributed by atoms with van der Waals surface area (Å²) in [5.74, 6) is -0.147. The molecule has 140 valence electrons. The molecule has 2 aliphatic heterocycles. The second kappa shape index (κ2) is 7.69. The summed E-state index contributed by atoms with van der Waals surface area (Å²) in [5, 5.41) is 20.7. The summed E-state index contributed by atoms with van der Waals surface area (Å²) in [5.41, 5.74) is 0.534. The Bertz CT molecular complexity index is 686. The summed E-state index contributed by atoms with van der Waals surface area (Å²) in [6.45, 7) is 1.26. The second-order valence-corrected chi connectivity index (χ2v) is 6.49. The number of ether oxygens (including phenoxy) is 1. The molecule has 2 saturated heterocycles. The molecule has 1 aromatic rings. The lowest BCUT2D eigenvalue weighted by molar-refractivity contribution is -0.384. The van der Waals surface area contributed by atoms with Crippen LogP contribution in [0.4, 0.5) is 10.5 Å². The van der Waals surface area contributed by atoms with Gasteiger partial charge in [-0.05, 0) is 43.4 Å². The molecule has 0 saturated carbocycles. The third kappa shape index (κ3) is 3.77. The Kier molecular flexibility index (Phi) is 5.36. The first-order chi connectivity index (χ1) is 12.5. The number of nitro groups is 1. The quantitative estimate of drug-likeness (QED) is 0.643. The average Bonchev–Trinajstić information content (AvgIpc) is 3.29. The lowest BCUT2D eigenvalue weighted by atomic mass is 10.2. The largest absolute Gasteiger partial charge is 0.444 e.